The van der Waals surface area contributed by atoms with Gasteiger partial charge in [-0.25, -0.2) is 9.16 Å². The van der Waals surface area contributed by atoms with Crippen molar-refractivity contribution >= 4 is 39.8 Å². The maximum absolute atomic E-state index is 12.2. The molecular weight excluding hydrogens is 290 g/mol. The summed E-state index contributed by atoms with van der Waals surface area (Å²) < 4.78 is 9.90. The highest BCUT2D eigenvalue weighted by Crippen LogP contribution is 2.36. The molecule has 1 aromatic heterocycles. The Bertz CT molecular complexity index is 702. The van der Waals surface area contributed by atoms with Crippen LogP contribution in [0.5, 0.6) is 0 Å². The molecule has 0 bridgehead atoms. The van der Waals surface area contributed by atoms with Gasteiger partial charge >= 0.3 is 5.97 Å². The molecule has 1 atom stereocenters. The van der Waals surface area contributed by atoms with Crippen molar-refractivity contribution < 1.29 is 9.53 Å². The molecule has 20 heavy (non-hydrogen) atoms. The lowest BCUT2D eigenvalue weighted by Crippen LogP contribution is -2.13. The number of carbonyl (C=O) groups excluding carboxylic acids is 1. The molecule has 3 rings (SSSR count). The van der Waals surface area contributed by atoms with Crippen LogP contribution in [0.3, 0.4) is 0 Å². The molecule has 3 nitrogen and oxygen atoms in total. The van der Waals surface area contributed by atoms with Crippen molar-refractivity contribution in [3.05, 3.63) is 51.6 Å². The van der Waals surface area contributed by atoms with Crippen molar-refractivity contribution in [1.29, 1.82) is 0 Å². The molecule has 1 aromatic carbocycles. The SMILES string of the molecule is CCOC(=O)C1=Cc2sccc2N=S1c1ccccc1. The lowest BCUT2D eigenvalue weighted by atomic mass is 10.3. The predicted molar refractivity (Wildman–Crippen MR) is 83.1 cm³/mol. The number of rotatable bonds is 3. The lowest BCUT2D eigenvalue weighted by Gasteiger charge is -2.15. The Hall–Kier alpha value is -1.72. The quantitative estimate of drug-likeness (QED) is 0.799. The molecule has 0 radical (unpaired) electrons. The van der Waals surface area contributed by atoms with Crippen LogP contribution in [0.25, 0.3) is 6.08 Å². The van der Waals surface area contributed by atoms with Crippen molar-refractivity contribution in [2.75, 3.05) is 6.61 Å². The third-order valence-corrected chi connectivity index (χ3v) is 5.43. The number of hydrogen-bond donors (Lipinski definition) is 0. The number of nitrogens with zero attached hydrogens (tertiary/aromatic N) is 1. The second-order valence-corrected chi connectivity index (χ2v) is 6.70. The monoisotopic (exact) mass is 303 g/mol. The highest BCUT2D eigenvalue weighted by Gasteiger charge is 2.23. The van der Waals surface area contributed by atoms with Crippen LogP contribution in [0.1, 0.15) is 11.8 Å². The average molecular weight is 303 g/mol. The summed E-state index contributed by atoms with van der Waals surface area (Å²) in [6.45, 7) is 2.19. The highest BCUT2D eigenvalue weighted by molar-refractivity contribution is 7.92. The number of ether oxygens (including phenoxy) is 1. The van der Waals surface area contributed by atoms with Gasteiger partial charge in [-0.1, -0.05) is 18.2 Å². The van der Waals surface area contributed by atoms with Crippen LogP contribution in [0.2, 0.25) is 0 Å². The highest BCUT2D eigenvalue weighted by atomic mass is 32.2. The minimum Gasteiger partial charge on any atom is -0.462 e. The fourth-order valence-corrected chi connectivity index (χ4v) is 4.46. The Balaban J connectivity index is 2.10. The Labute approximate surface area is 124 Å². The molecule has 5 heteroatoms. The van der Waals surface area contributed by atoms with Crippen molar-refractivity contribution in [3.8, 4) is 0 Å². The molecule has 2 aromatic rings. The summed E-state index contributed by atoms with van der Waals surface area (Å²) in [5.74, 6) is -0.275. The van der Waals surface area contributed by atoms with Gasteiger partial charge in [-0.2, -0.15) is 0 Å². The van der Waals surface area contributed by atoms with E-state index in [9.17, 15) is 4.79 Å². The van der Waals surface area contributed by atoms with E-state index in [4.69, 9.17) is 9.10 Å². The third-order valence-electron chi connectivity index (χ3n) is 2.78. The maximum Gasteiger partial charge on any atom is 0.345 e. The van der Waals surface area contributed by atoms with Crippen molar-refractivity contribution in [2.24, 2.45) is 4.36 Å². The zero-order chi connectivity index (χ0) is 13.9. The van der Waals surface area contributed by atoms with Crippen LogP contribution in [-0.2, 0) is 20.2 Å². The van der Waals surface area contributed by atoms with E-state index in [-0.39, 0.29) is 5.97 Å². The van der Waals surface area contributed by atoms with E-state index >= 15 is 0 Å². The predicted octanol–water partition coefficient (Wildman–Crippen LogP) is 4.16. The van der Waals surface area contributed by atoms with Crippen LogP contribution in [0.4, 0.5) is 5.69 Å². The van der Waals surface area contributed by atoms with Crippen molar-refractivity contribution in [1.82, 2.24) is 0 Å². The topological polar surface area (TPSA) is 38.7 Å². The summed E-state index contributed by atoms with van der Waals surface area (Å²) in [6.07, 6.45) is 1.92. The zero-order valence-electron chi connectivity index (χ0n) is 10.9. The van der Waals surface area contributed by atoms with Gasteiger partial charge in [-0.05, 0) is 47.3 Å². The largest absolute Gasteiger partial charge is 0.462 e. The standard InChI is InChI=1S/C15H13NO2S2/c1-2-18-15(17)14-10-13-12(8-9-19-13)16-20(14)11-6-4-3-5-7-11/h3-10H,2H2,1H3. The number of benzene rings is 1. The van der Waals surface area contributed by atoms with Crippen molar-refractivity contribution in [3.63, 3.8) is 0 Å². The normalized spacial score (nSPS) is 16.9. The lowest BCUT2D eigenvalue weighted by molar-refractivity contribution is -0.137. The van der Waals surface area contributed by atoms with Crippen LogP contribution >= 0.6 is 11.3 Å². The molecule has 0 spiro atoms. The minimum absolute atomic E-state index is 0.275. The zero-order valence-corrected chi connectivity index (χ0v) is 12.5. The van der Waals surface area contributed by atoms with E-state index < -0.39 is 10.7 Å². The molecular formula is C15H13NO2S2. The van der Waals surface area contributed by atoms with Gasteiger partial charge in [0.05, 0.1) is 17.2 Å². The molecule has 0 N–H and O–H groups in total. The molecule has 102 valence electrons. The molecule has 1 unspecified atom stereocenters. The Morgan fingerprint density at radius 1 is 1.30 bits per heavy atom. The fourth-order valence-electron chi connectivity index (χ4n) is 1.89. The summed E-state index contributed by atoms with van der Waals surface area (Å²) in [7, 11) is -0.599. The second-order valence-electron chi connectivity index (χ2n) is 4.09. The van der Waals surface area contributed by atoms with E-state index in [1.807, 2.05) is 54.8 Å². The summed E-state index contributed by atoms with van der Waals surface area (Å²) >= 11 is 1.59. The van der Waals surface area contributed by atoms with Gasteiger partial charge in [-0.15, -0.1) is 11.3 Å². The van der Waals surface area contributed by atoms with E-state index in [0.717, 1.165) is 15.5 Å². The first kappa shape index (κ1) is 13.3. The van der Waals surface area contributed by atoms with Gasteiger partial charge in [0.15, 0.2) is 0 Å². The molecule has 1 aliphatic rings. The first-order valence-electron chi connectivity index (χ1n) is 6.27. The van der Waals surface area contributed by atoms with E-state index in [2.05, 4.69) is 0 Å². The van der Waals surface area contributed by atoms with Crippen molar-refractivity contribution in [2.45, 2.75) is 11.8 Å². The number of fused-ring (bicyclic) bond motifs is 1. The number of carbonyl (C=O) groups is 1. The van der Waals surface area contributed by atoms with Gasteiger partial charge in [-0.3, -0.25) is 0 Å². The first-order chi connectivity index (χ1) is 9.79. The second kappa shape index (κ2) is 5.73. The summed E-state index contributed by atoms with van der Waals surface area (Å²) in [5.41, 5.74) is 0.954. The molecule has 0 saturated heterocycles. The van der Waals surface area contributed by atoms with Crippen LogP contribution in [0, 0.1) is 0 Å². The smallest absolute Gasteiger partial charge is 0.345 e. The maximum atomic E-state index is 12.2. The van der Waals surface area contributed by atoms with E-state index in [1.165, 1.54) is 0 Å². The van der Waals surface area contributed by atoms with Crippen LogP contribution in [-0.4, -0.2) is 12.6 Å². The third kappa shape index (κ3) is 2.46. The Kier molecular flexibility index (Phi) is 3.80. The van der Waals surface area contributed by atoms with Gasteiger partial charge in [0.25, 0.3) is 0 Å². The molecule has 0 aliphatic carbocycles. The number of esters is 1. The van der Waals surface area contributed by atoms with Gasteiger partial charge in [0, 0.05) is 4.90 Å². The van der Waals surface area contributed by atoms with Gasteiger partial charge in [0.1, 0.15) is 4.91 Å². The average Bonchev–Trinajstić information content (AvgIpc) is 2.94. The number of thiophene rings is 1. The molecule has 2 heterocycles. The Morgan fingerprint density at radius 3 is 2.85 bits per heavy atom. The number of hydrogen-bond acceptors (Lipinski definition) is 4. The fraction of sp³-hybridized carbons (Fsp3) is 0.133. The minimum atomic E-state index is -0.599. The summed E-state index contributed by atoms with van der Waals surface area (Å²) in [4.78, 5) is 14.9. The van der Waals surface area contributed by atoms with E-state index in [0.29, 0.717) is 11.5 Å². The summed E-state index contributed by atoms with van der Waals surface area (Å²) in [6, 6.07) is 11.9. The summed E-state index contributed by atoms with van der Waals surface area (Å²) in [5, 5.41) is 1.99. The van der Waals surface area contributed by atoms with Crippen LogP contribution < -0.4 is 0 Å². The first-order valence-corrected chi connectivity index (χ1v) is 8.33. The van der Waals surface area contributed by atoms with Gasteiger partial charge < -0.3 is 4.74 Å². The molecule has 1 aliphatic heterocycles. The Morgan fingerprint density at radius 2 is 2.10 bits per heavy atom. The molecule has 0 saturated carbocycles. The molecule has 0 fully saturated rings. The van der Waals surface area contributed by atoms with E-state index in [1.54, 1.807) is 11.3 Å². The van der Waals surface area contributed by atoms with Gasteiger partial charge in [0.2, 0.25) is 0 Å². The molecule has 0 amide bonds. The van der Waals surface area contributed by atoms with Crippen LogP contribution in [0.15, 0.2) is 55.9 Å².